The molecule has 0 aromatic heterocycles. The number of aryl methyl sites for hydroxylation is 2. The topological polar surface area (TPSA) is 46.5 Å². The SMILES string of the molecule is COc1c(C)cc(Br)cc1CCC(=O)O. The highest BCUT2D eigenvalue weighted by atomic mass is 79.9. The second-order valence-electron chi connectivity index (χ2n) is 3.31. The molecule has 0 unspecified atom stereocenters. The molecule has 1 rings (SSSR count). The molecule has 0 aliphatic carbocycles. The molecular weight excluding hydrogens is 260 g/mol. The molecule has 0 amide bonds. The fourth-order valence-electron chi connectivity index (χ4n) is 1.52. The van der Waals surface area contributed by atoms with Crippen LogP contribution in [0.25, 0.3) is 0 Å². The van der Waals surface area contributed by atoms with Crippen LogP contribution in [0.15, 0.2) is 16.6 Å². The van der Waals surface area contributed by atoms with Crippen molar-refractivity contribution in [2.75, 3.05) is 7.11 Å². The number of halogens is 1. The maximum Gasteiger partial charge on any atom is 0.303 e. The molecule has 15 heavy (non-hydrogen) atoms. The largest absolute Gasteiger partial charge is 0.496 e. The molecule has 0 heterocycles. The number of hydrogen-bond donors (Lipinski definition) is 1. The van der Waals surface area contributed by atoms with E-state index in [-0.39, 0.29) is 6.42 Å². The van der Waals surface area contributed by atoms with Gasteiger partial charge in [-0.15, -0.1) is 0 Å². The van der Waals surface area contributed by atoms with E-state index in [1.807, 2.05) is 19.1 Å². The van der Waals surface area contributed by atoms with Crippen LogP contribution in [0.1, 0.15) is 17.5 Å². The summed E-state index contributed by atoms with van der Waals surface area (Å²) in [5.74, 6) is -0.0193. The van der Waals surface area contributed by atoms with Gasteiger partial charge >= 0.3 is 5.97 Å². The molecule has 1 aromatic rings. The van der Waals surface area contributed by atoms with Crippen molar-refractivity contribution in [3.63, 3.8) is 0 Å². The van der Waals surface area contributed by atoms with Crippen molar-refractivity contribution in [2.45, 2.75) is 19.8 Å². The van der Waals surface area contributed by atoms with Gasteiger partial charge in [-0.3, -0.25) is 4.79 Å². The Balaban J connectivity index is 2.98. The predicted molar refractivity (Wildman–Crippen MR) is 61.4 cm³/mol. The number of rotatable bonds is 4. The van der Waals surface area contributed by atoms with Crippen LogP contribution in [0.3, 0.4) is 0 Å². The summed E-state index contributed by atoms with van der Waals surface area (Å²) in [7, 11) is 1.60. The van der Waals surface area contributed by atoms with Gasteiger partial charge in [-0.1, -0.05) is 15.9 Å². The van der Waals surface area contributed by atoms with Crippen molar-refractivity contribution >= 4 is 21.9 Å². The molecule has 0 bridgehead atoms. The van der Waals surface area contributed by atoms with E-state index >= 15 is 0 Å². The number of aliphatic carboxylic acids is 1. The first-order valence-corrected chi connectivity index (χ1v) is 5.38. The van der Waals surface area contributed by atoms with Gasteiger partial charge in [-0.05, 0) is 36.6 Å². The van der Waals surface area contributed by atoms with Gasteiger partial charge in [0.25, 0.3) is 0 Å². The van der Waals surface area contributed by atoms with Gasteiger partial charge in [-0.2, -0.15) is 0 Å². The van der Waals surface area contributed by atoms with Crippen LogP contribution in [0, 0.1) is 6.92 Å². The summed E-state index contributed by atoms with van der Waals surface area (Å²) in [6.45, 7) is 1.94. The molecule has 1 aromatic carbocycles. The second-order valence-corrected chi connectivity index (χ2v) is 4.22. The summed E-state index contributed by atoms with van der Waals surface area (Å²) in [5.41, 5.74) is 1.93. The Morgan fingerprint density at radius 3 is 2.73 bits per heavy atom. The molecule has 0 saturated carbocycles. The van der Waals surface area contributed by atoms with Gasteiger partial charge in [0.1, 0.15) is 5.75 Å². The summed E-state index contributed by atoms with van der Waals surface area (Å²) < 4.78 is 6.20. The van der Waals surface area contributed by atoms with Gasteiger partial charge in [-0.25, -0.2) is 0 Å². The van der Waals surface area contributed by atoms with Crippen molar-refractivity contribution in [2.24, 2.45) is 0 Å². The highest BCUT2D eigenvalue weighted by molar-refractivity contribution is 9.10. The first-order valence-electron chi connectivity index (χ1n) is 4.59. The molecule has 82 valence electrons. The third-order valence-electron chi connectivity index (χ3n) is 2.13. The first-order chi connectivity index (χ1) is 7.04. The van der Waals surface area contributed by atoms with Crippen LogP contribution in [-0.2, 0) is 11.2 Å². The summed E-state index contributed by atoms with van der Waals surface area (Å²) in [4.78, 5) is 10.5. The lowest BCUT2D eigenvalue weighted by molar-refractivity contribution is -0.136. The number of methoxy groups -OCH3 is 1. The zero-order chi connectivity index (χ0) is 11.4. The Labute approximate surface area is 97.2 Å². The minimum Gasteiger partial charge on any atom is -0.496 e. The number of benzene rings is 1. The lowest BCUT2D eigenvalue weighted by Gasteiger charge is -2.11. The van der Waals surface area contributed by atoms with Gasteiger partial charge < -0.3 is 9.84 Å². The Kier molecular flexibility index (Phi) is 4.15. The Hall–Kier alpha value is -1.03. The number of hydrogen-bond acceptors (Lipinski definition) is 2. The molecule has 0 atom stereocenters. The molecule has 3 nitrogen and oxygen atoms in total. The number of ether oxygens (including phenoxy) is 1. The van der Waals surface area contributed by atoms with Gasteiger partial charge in [0.2, 0.25) is 0 Å². The van der Waals surface area contributed by atoms with Crippen LogP contribution in [0.5, 0.6) is 5.75 Å². The quantitative estimate of drug-likeness (QED) is 0.917. The second kappa shape index (κ2) is 5.16. The van der Waals surface area contributed by atoms with Gasteiger partial charge in [0.05, 0.1) is 7.11 Å². The van der Waals surface area contributed by atoms with E-state index in [2.05, 4.69) is 15.9 Å². The smallest absolute Gasteiger partial charge is 0.303 e. The fourth-order valence-corrected chi connectivity index (χ4v) is 2.14. The van der Waals surface area contributed by atoms with E-state index in [0.717, 1.165) is 21.3 Å². The van der Waals surface area contributed by atoms with Crippen LogP contribution in [0.4, 0.5) is 0 Å². The molecule has 0 fully saturated rings. The average Bonchev–Trinajstić information content (AvgIpc) is 2.13. The fraction of sp³-hybridized carbons (Fsp3) is 0.364. The van der Waals surface area contributed by atoms with Crippen molar-refractivity contribution in [3.8, 4) is 5.75 Å². The van der Waals surface area contributed by atoms with E-state index in [1.54, 1.807) is 7.11 Å². The first kappa shape index (κ1) is 12.0. The molecule has 0 aliphatic rings. The summed E-state index contributed by atoms with van der Waals surface area (Å²) in [6, 6.07) is 3.85. The van der Waals surface area contributed by atoms with E-state index in [9.17, 15) is 4.79 Å². The predicted octanol–water partition coefficient (Wildman–Crippen LogP) is 2.78. The van der Waals surface area contributed by atoms with Gasteiger partial charge in [0, 0.05) is 10.9 Å². The lowest BCUT2D eigenvalue weighted by Crippen LogP contribution is -2.00. The summed E-state index contributed by atoms with van der Waals surface area (Å²) in [6.07, 6.45) is 0.602. The van der Waals surface area contributed by atoms with E-state index in [0.29, 0.717) is 6.42 Å². The Morgan fingerprint density at radius 2 is 2.20 bits per heavy atom. The van der Waals surface area contributed by atoms with Crippen LogP contribution >= 0.6 is 15.9 Å². The molecule has 0 spiro atoms. The third kappa shape index (κ3) is 3.23. The third-order valence-corrected chi connectivity index (χ3v) is 2.59. The number of carboxylic acid groups (broad SMARTS) is 1. The molecule has 0 saturated heterocycles. The van der Waals surface area contributed by atoms with E-state index < -0.39 is 5.97 Å². The molecular formula is C11H13BrO3. The molecule has 4 heteroatoms. The molecule has 0 aliphatic heterocycles. The zero-order valence-corrected chi connectivity index (χ0v) is 10.3. The van der Waals surface area contributed by atoms with E-state index in [1.165, 1.54) is 0 Å². The molecule has 1 N–H and O–H groups in total. The van der Waals surface area contributed by atoms with Crippen molar-refractivity contribution < 1.29 is 14.6 Å². The van der Waals surface area contributed by atoms with Crippen LogP contribution < -0.4 is 4.74 Å². The number of carbonyl (C=O) groups is 1. The average molecular weight is 273 g/mol. The highest BCUT2D eigenvalue weighted by Gasteiger charge is 2.09. The normalized spacial score (nSPS) is 10.1. The van der Waals surface area contributed by atoms with Crippen molar-refractivity contribution in [1.29, 1.82) is 0 Å². The summed E-state index contributed by atoms with van der Waals surface area (Å²) >= 11 is 3.38. The minimum atomic E-state index is -0.797. The molecule has 0 radical (unpaired) electrons. The minimum absolute atomic E-state index is 0.117. The standard InChI is InChI=1S/C11H13BrO3/c1-7-5-9(12)6-8(11(7)15-2)3-4-10(13)14/h5-6H,3-4H2,1-2H3,(H,13,14). The monoisotopic (exact) mass is 272 g/mol. The Bertz CT molecular complexity index is 374. The highest BCUT2D eigenvalue weighted by Crippen LogP contribution is 2.28. The maximum atomic E-state index is 10.5. The van der Waals surface area contributed by atoms with Gasteiger partial charge in [0.15, 0.2) is 0 Å². The van der Waals surface area contributed by atoms with E-state index in [4.69, 9.17) is 9.84 Å². The lowest BCUT2D eigenvalue weighted by atomic mass is 10.1. The van der Waals surface area contributed by atoms with Crippen molar-refractivity contribution in [3.05, 3.63) is 27.7 Å². The zero-order valence-electron chi connectivity index (χ0n) is 8.71. The van der Waals surface area contributed by atoms with Crippen LogP contribution in [0.2, 0.25) is 0 Å². The Morgan fingerprint density at radius 1 is 1.53 bits per heavy atom. The van der Waals surface area contributed by atoms with Crippen molar-refractivity contribution in [1.82, 2.24) is 0 Å². The number of carboxylic acids is 1. The maximum absolute atomic E-state index is 10.5. The summed E-state index contributed by atoms with van der Waals surface area (Å²) in [5, 5.41) is 8.62. The van der Waals surface area contributed by atoms with Crippen LogP contribution in [-0.4, -0.2) is 18.2 Å².